The van der Waals surface area contributed by atoms with Crippen molar-refractivity contribution in [3.8, 4) is 0 Å². The number of aromatic nitrogens is 2. The molecule has 0 bridgehead atoms. The number of amides is 3. The Morgan fingerprint density at radius 1 is 1.22 bits per heavy atom. The molecular formula is C16H23N7O2S2. The van der Waals surface area contributed by atoms with Gasteiger partial charge in [-0.3, -0.25) is 10.1 Å². The highest BCUT2D eigenvalue weighted by molar-refractivity contribution is 8.01. The number of nitrogens with zero attached hydrogens (tertiary/aromatic N) is 6. The number of piperidine rings is 1. The van der Waals surface area contributed by atoms with E-state index in [0.717, 1.165) is 47.0 Å². The lowest BCUT2D eigenvalue weighted by atomic mass is 10.1. The summed E-state index contributed by atoms with van der Waals surface area (Å²) >= 11 is 3.21. The molecule has 11 heteroatoms. The molecule has 2 unspecified atom stereocenters. The number of fused-ring (bicyclic) bond motifs is 1. The summed E-state index contributed by atoms with van der Waals surface area (Å²) in [6.07, 6.45) is 3.02. The first-order valence-electron chi connectivity index (χ1n) is 9.14. The minimum atomic E-state index is -0.471. The molecule has 1 aromatic heterocycles. The molecule has 2 saturated heterocycles. The lowest BCUT2D eigenvalue weighted by Gasteiger charge is -2.38. The summed E-state index contributed by atoms with van der Waals surface area (Å²) in [6, 6.07) is -0.857. The fourth-order valence-electron chi connectivity index (χ4n) is 3.68. The van der Waals surface area contributed by atoms with E-state index in [1.165, 1.54) is 11.3 Å². The third-order valence-corrected chi connectivity index (χ3v) is 7.00. The van der Waals surface area contributed by atoms with Crippen molar-refractivity contribution < 1.29 is 9.59 Å². The van der Waals surface area contributed by atoms with Crippen LogP contribution in [0.4, 0.5) is 4.79 Å². The van der Waals surface area contributed by atoms with Crippen LogP contribution >= 0.6 is 23.1 Å². The van der Waals surface area contributed by atoms with Crippen LogP contribution in [0.25, 0.3) is 0 Å². The topological polar surface area (TPSA) is 94.0 Å². The highest BCUT2D eigenvalue weighted by Gasteiger charge is 2.49. The number of guanidine groups is 1. The molecule has 146 valence electrons. The number of hydrogen-bond acceptors (Lipinski definition) is 9. The number of carbonyl (C=O) groups is 2. The fourth-order valence-corrected chi connectivity index (χ4v) is 5.50. The predicted molar refractivity (Wildman–Crippen MR) is 104 cm³/mol. The van der Waals surface area contributed by atoms with Gasteiger partial charge in [0, 0.05) is 32.4 Å². The molecule has 0 spiro atoms. The van der Waals surface area contributed by atoms with Crippen LogP contribution in [-0.4, -0.2) is 87.4 Å². The number of likely N-dealkylation sites (tertiary alicyclic amines) is 1. The Bertz CT molecular complexity index is 762. The number of thioether (sulfide) groups is 1. The minimum Gasteiger partial charge on any atom is -0.343 e. The van der Waals surface area contributed by atoms with Crippen molar-refractivity contribution in [1.82, 2.24) is 30.2 Å². The van der Waals surface area contributed by atoms with Crippen LogP contribution in [0, 0.1) is 6.92 Å². The largest absolute Gasteiger partial charge is 0.343 e. The molecule has 0 aliphatic carbocycles. The SMILES string of the molecule is Cc1nnc(SCCN2C(N3CCCCC3)=NC3C2C(=O)NC(=O)N3C)s1. The van der Waals surface area contributed by atoms with E-state index in [0.29, 0.717) is 6.54 Å². The number of imide groups is 1. The Labute approximate surface area is 166 Å². The number of rotatable bonds is 4. The molecule has 3 aliphatic rings. The second-order valence-corrected chi connectivity index (χ2v) is 9.39. The molecule has 1 aromatic rings. The normalized spacial score (nSPS) is 25.6. The minimum absolute atomic E-state index is 0.268. The van der Waals surface area contributed by atoms with E-state index >= 15 is 0 Å². The zero-order valence-electron chi connectivity index (χ0n) is 15.4. The third kappa shape index (κ3) is 3.62. The molecule has 2 fully saturated rings. The lowest BCUT2D eigenvalue weighted by molar-refractivity contribution is -0.127. The molecule has 4 rings (SSSR count). The number of carbonyl (C=O) groups excluding carboxylic acids is 2. The van der Waals surface area contributed by atoms with Gasteiger partial charge in [0.2, 0.25) is 0 Å². The van der Waals surface area contributed by atoms with E-state index in [1.807, 2.05) is 6.92 Å². The van der Waals surface area contributed by atoms with E-state index in [-0.39, 0.29) is 11.9 Å². The van der Waals surface area contributed by atoms with Crippen LogP contribution in [0.15, 0.2) is 9.33 Å². The van der Waals surface area contributed by atoms with Gasteiger partial charge in [0.25, 0.3) is 5.91 Å². The molecule has 3 amide bonds. The van der Waals surface area contributed by atoms with E-state index in [1.54, 1.807) is 30.1 Å². The Morgan fingerprint density at radius 2 is 2.00 bits per heavy atom. The number of urea groups is 1. The van der Waals surface area contributed by atoms with Crippen LogP contribution in [0.5, 0.6) is 0 Å². The Morgan fingerprint density at radius 3 is 2.70 bits per heavy atom. The summed E-state index contributed by atoms with van der Waals surface area (Å²) < 4.78 is 0.931. The van der Waals surface area contributed by atoms with Gasteiger partial charge in [-0.2, -0.15) is 0 Å². The second-order valence-electron chi connectivity index (χ2n) is 6.87. The quantitative estimate of drug-likeness (QED) is 0.741. The highest BCUT2D eigenvalue weighted by Crippen LogP contribution is 2.28. The average Bonchev–Trinajstić information content (AvgIpc) is 3.25. The molecule has 0 radical (unpaired) electrons. The van der Waals surface area contributed by atoms with Gasteiger partial charge in [0.15, 0.2) is 22.5 Å². The van der Waals surface area contributed by atoms with Crippen LogP contribution < -0.4 is 5.32 Å². The van der Waals surface area contributed by atoms with Gasteiger partial charge in [0.1, 0.15) is 5.01 Å². The molecule has 1 N–H and O–H groups in total. The van der Waals surface area contributed by atoms with Crippen LogP contribution in [0.3, 0.4) is 0 Å². The summed E-state index contributed by atoms with van der Waals surface area (Å²) in [5.41, 5.74) is 0. The maximum absolute atomic E-state index is 12.6. The molecule has 9 nitrogen and oxygen atoms in total. The van der Waals surface area contributed by atoms with Gasteiger partial charge in [-0.05, 0) is 26.2 Å². The second kappa shape index (κ2) is 7.63. The first-order valence-corrected chi connectivity index (χ1v) is 10.9. The Kier molecular flexibility index (Phi) is 5.22. The fraction of sp³-hybridized carbons (Fsp3) is 0.688. The van der Waals surface area contributed by atoms with Gasteiger partial charge in [-0.25, -0.2) is 9.79 Å². The van der Waals surface area contributed by atoms with Crippen molar-refractivity contribution in [3.63, 3.8) is 0 Å². The highest BCUT2D eigenvalue weighted by atomic mass is 32.2. The smallest absolute Gasteiger partial charge is 0.325 e. The van der Waals surface area contributed by atoms with Crippen molar-refractivity contribution in [2.24, 2.45) is 4.99 Å². The third-order valence-electron chi connectivity index (χ3n) is 5.04. The van der Waals surface area contributed by atoms with Crippen molar-refractivity contribution in [2.75, 3.05) is 32.4 Å². The first kappa shape index (κ1) is 18.5. The summed E-state index contributed by atoms with van der Waals surface area (Å²) in [5.74, 6) is 1.35. The Balaban J connectivity index is 1.52. The van der Waals surface area contributed by atoms with Crippen LogP contribution in [0.2, 0.25) is 0 Å². The summed E-state index contributed by atoms with van der Waals surface area (Å²) in [4.78, 5) is 35.3. The van der Waals surface area contributed by atoms with Crippen molar-refractivity contribution in [1.29, 1.82) is 0 Å². The molecular weight excluding hydrogens is 386 g/mol. The zero-order chi connectivity index (χ0) is 19.0. The van der Waals surface area contributed by atoms with Crippen LogP contribution in [-0.2, 0) is 4.79 Å². The first-order chi connectivity index (χ1) is 13.0. The van der Waals surface area contributed by atoms with Gasteiger partial charge >= 0.3 is 6.03 Å². The van der Waals surface area contributed by atoms with Crippen LogP contribution in [0.1, 0.15) is 24.3 Å². The van der Waals surface area contributed by atoms with Crippen molar-refractivity contribution in [3.05, 3.63) is 5.01 Å². The molecule has 0 saturated carbocycles. The van der Waals surface area contributed by atoms with E-state index in [4.69, 9.17) is 4.99 Å². The number of aryl methyl sites for hydroxylation is 1. The molecule has 2 atom stereocenters. The number of nitrogens with one attached hydrogen (secondary N) is 1. The maximum atomic E-state index is 12.6. The maximum Gasteiger partial charge on any atom is 0.325 e. The van der Waals surface area contributed by atoms with Gasteiger partial charge < -0.3 is 14.7 Å². The van der Waals surface area contributed by atoms with E-state index in [9.17, 15) is 9.59 Å². The van der Waals surface area contributed by atoms with E-state index < -0.39 is 12.2 Å². The summed E-state index contributed by atoms with van der Waals surface area (Å²) in [7, 11) is 1.69. The van der Waals surface area contributed by atoms with Gasteiger partial charge in [-0.1, -0.05) is 23.1 Å². The zero-order valence-corrected chi connectivity index (χ0v) is 17.1. The molecule has 3 aliphatic heterocycles. The predicted octanol–water partition coefficient (Wildman–Crippen LogP) is 0.972. The lowest BCUT2D eigenvalue weighted by Crippen LogP contribution is -2.64. The van der Waals surface area contributed by atoms with Crippen molar-refractivity contribution >= 4 is 41.0 Å². The van der Waals surface area contributed by atoms with E-state index in [2.05, 4.69) is 25.3 Å². The number of aliphatic imine (C=N–C) groups is 1. The molecule has 4 heterocycles. The standard InChI is InChI=1S/C16H23N7O2S2/c1-10-19-20-16(27-10)26-9-8-23-11-12(21(2)15(25)18-13(11)24)17-14(23)22-6-4-3-5-7-22/h11-12H,3-9H2,1-2H3,(H,18,24,25). The number of hydrogen-bond donors (Lipinski definition) is 1. The van der Waals surface area contributed by atoms with Crippen molar-refractivity contribution in [2.45, 2.75) is 42.7 Å². The summed E-state index contributed by atoms with van der Waals surface area (Å²) in [6.45, 7) is 4.48. The van der Waals surface area contributed by atoms with Gasteiger partial charge in [0.05, 0.1) is 0 Å². The summed E-state index contributed by atoms with van der Waals surface area (Å²) in [5, 5.41) is 11.6. The molecule has 27 heavy (non-hydrogen) atoms. The number of likely N-dealkylation sites (N-methyl/N-ethyl adjacent to an activating group) is 1. The average molecular weight is 410 g/mol. The Hall–Kier alpha value is -1.88. The monoisotopic (exact) mass is 409 g/mol. The van der Waals surface area contributed by atoms with Gasteiger partial charge in [-0.15, -0.1) is 10.2 Å². The molecule has 0 aromatic carbocycles.